The molecular weight excluding hydrogens is 280 g/mol. The van der Waals surface area contributed by atoms with Gasteiger partial charge in [0.15, 0.2) is 0 Å². The lowest BCUT2D eigenvalue weighted by atomic mass is 10.0. The van der Waals surface area contributed by atoms with Gasteiger partial charge in [-0.25, -0.2) is 8.42 Å². The summed E-state index contributed by atoms with van der Waals surface area (Å²) in [5.41, 5.74) is 1.40. The van der Waals surface area contributed by atoms with Crippen molar-refractivity contribution >= 4 is 21.6 Å². The third kappa shape index (κ3) is 2.11. The van der Waals surface area contributed by atoms with Crippen molar-refractivity contribution < 1.29 is 18.0 Å². The Morgan fingerprint density at radius 1 is 1.35 bits per heavy atom. The van der Waals surface area contributed by atoms with E-state index in [-0.39, 0.29) is 16.7 Å². The van der Waals surface area contributed by atoms with Crippen LogP contribution in [0.4, 0.5) is 5.69 Å². The number of carbonyl (C=O) groups excluding carboxylic acids is 1. The summed E-state index contributed by atoms with van der Waals surface area (Å²) >= 11 is 0. The second-order valence-corrected chi connectivity index (χ2v) is 6.86. The molecule has 1 N–H and O–H groups in total. The minimum Gasteiger partial charge on any atom is -0.325 e. The highest BCUT2D eigenvalue weighted by Crippen LogP contribution is 2.34. The van der Waals surface area contributed by atoms with Crippen molar-refractivity contribution in [2.75, 3.05) is 18.5 Å². The molecule has 7 heteroatoms. The number of anilines is 1. The Morgan fingerprint density at radius 2 is 2.15 bits per heavy atom. The molecule has 0 radical (unpaired) electrons. The molecule has 108 valence electrons. The number of amides is 1. The van der Waals surface area contributed by atoms with Crippen molar-refractivity contribution in [3.63, 3.8) is 0 Å². The average molecular weight is 296 g/mol. The zero-order chi connectivity index (χ0) is 14.3. The molecule has 1 fully saturated rings. The Kier molecular flexibility index (Phi) is 3.27. The van der Waals surface area contributed by atoms with E-state index < -0.39 is 10.0 Å². The van der Waals surface area contributed by atoms with Gasteiger partial charge >= 0.3 is 0 Å². The van der Waals surface area contributed by atoms with Gasteiger partial charge in [-0.2, -0.15) is 0 Å². The number of hydroxylamine groups is 1. The highest BCUT2D eigenvalue weighted by atomic mass is 32.2. The standard InChI is InChI=1S/C13H16N2O4S/c1-9-11-8-10(4-5-12(11)14-13(9)16)20(17,18)15-6-2-3-7-19-15/h4-5,8-9H,2-3,6-7H2,1H3,(H,14,16). The van der Waals surface area contributed by atoms with Crippen LogP contribution in [-0.2, 0) is 19.7 Å². The summed E-state index contributed by atoms with van der Waals surface area (Å²) in [5.74, 6) is -0.439. The van der Waals surface area contributed by atoms with Gasteiger partial charge in [0.1, 0.15) is 0 Å². The summed E-state index contributed by atoms with van der Waals surface area (Å²) in [5, 5.41) is 2.73. The molecule has 1 aromatic rings. The number of rotatable bonds is 2. The predicted molar refractivity (Wildman–Crippen MR) is 72.6 cm³/mol. The SMILES string of the molecule is CC1C(=O)Nc2ccc(S(=O)(=O)N3CCCCO3)cc21. The molecule has 3 rings (SSSR count). The van der Waals surface area contributed by atoms with Crippen LogP contribution in [0.2, 0.25) is 0 Å². The molecule has 1 aromatic carbocycles. The fourth-order valence-electron chi connectivity index (χ4n) is 2.44. The second kappa shape index (κ2) is 4.83. The number of nitrogens with one attached hydrogen (secondary N) is 1. The molecule has 1 saturated heterocycles. The van der Waals surface area contributed by atoms with Crippen molar-refractivity contribution in [3.8, 4) is 0 Å². The maximum absolute atomic E-state index is 12.5. The average Bonchev–Trinajstić information content (AvgIpc) is 2.75. The Labute approximate surface area is 117 Å². The maximum Gasteiger partial charge on any atom is 0.265 e. The quantitative estimate of drug-likeness (QED) is 0.896. The van der Waals surface area contributed by atoms with Crippen LogP contribution in [0.3, 0.4) is 0 Å². The minimum atomic E-state index is -3.65. The molecule has 1 atom stereocenters. The van der Waals surface area contributed by atoms with Gasteiger partial charge in [0.25, 0.3) is 10.0 Å². The number of nitrogens with zero attached hydrogens (tertiary/aromatic N) is 1. The van der Waals surface area contributed by atoms with Crippen LogP contribution in [0.1, 0.15) is 31.2 Å². The smallest absolute Gasteiger partial charge is 0.265 e. The Hall–Kier alpha value is -1.44. The van der Waals surface area contributed by atoms with E-state index in [1.807, 2.05) is 0 Å². The number of sulfonamides is 1. The molecule has 0 aliphatic carbocycles. The van der Waals surface area contributed by atoms with Crippen molar-refractivity contribution in [2.45, 2.75) is 30.6 Å². The van der Waals surface area contributed by atoms with E-state index in [0.29, 0.717) is 24.4 Å². The van der Waals surface area contributed by atoms with Crippen molar-refractivity contribution in [1.82, 2.24) is 4.47 Å². The zero-order valence-corrected chi connectivity index (χ0v) is 11.9. The first-order valence-corrected chi connectivity index (χ1v) is 8.04. The first kappa shape index (κ1) is 13.5. The highest BCUT2D eigenvalue weighted by molar-refractivity contribution is 7.89. The summed E-state index contributed by atoms with van der Waals surface area (Å²) in [6, 6.07) is 4.70. The number of hydrogen-bond donors (Lipinski definition) is 1. The van der Waals surface area contributed by atoms with E-state index in [2.05, 4.69) is 5.32 Å². The molecule has 1 unspecified atom stereocenters. The number of carbonyl (C=O) groups is 1. The molecule has 20 heavy (non-hydrogen) atoms. The van der Waals surface area contributed by atoms with Crippen LogP contribution in [0, 0.1) is 0 Å². The molecule has 1 amide bonds. The lowest BCUT2D eigenvalue weighted by molar-refractivity contribution is -0.116. The van der Waals surface area contributed by atoms with Crippen LogP contribution >= 0.6 is 0 Å². The van der Waals surface area contributed by atoms with Crippen LogP contribution in [0.5, 0.6) is 0 Å². The summed E-state index contributed by atoms with van der Waals surface area (Å²) in [6.07, 6.45) is 1.66. The molecule has 0 saturated carbocycles. The van der Waals surface area contributed by atoms with Gasteiger partial charge in [0.05, 0.1) is 17.4 Å². The van der Waals surface area contributed by atoms with Crippen molar-refractivity contribution in [2.24, 2.45) is 0 Å². The van der Waals surface area contributed by atoms with Crippen molar-refractivity contribution in [3.05, 3.63) is 23.8 Å². The zero-order valence-electron chi connectivity index (χ0n) is 11.1. The third-order valence-corrected chi connectivity index (χ3v) is 5.35. The largest absolute Gasteiger partial charge is 0.325 e. The Bertz CT molecular complexity index is 650. The van der Waals surface area contributed by atoms with Gasteiger partial charge in [0.2, 0.25) is 5.91 Å². The summed E-state index contributed by atoms with van der Waals surface area (Å²) < 4.78 is 26.0. The fourth-order valence-corrected chi connectivity index (χ4v) is 3.77. The first-order chi connectivity index (χ1) is 9.50. The van der Waals surface area contributed by atoms with Crippen LogP contribution < -0.4 is 5.32 Å². The molecule has 0 spiro atoms. The van der Waals surface area contributed by atoms with E-state index in [9.17, 15) is 13.2 Å². The molecular formula is C13H16N2O4S. The molecule has 2 aliphatic heterocycles. The molecule has 0 bridgehead atoms. The molecule has 2 heterocycles. The lowest BCUT2D eigenvalue weighted by Gasteiger charge is -2.25. The van der Waals surface area contributed by atoms with E-state index in [4.69, 9.17) is 4.84 Å². The maximum atomic E-state index is 12.5. The lowest BCUT2D eigenvalue weighted by Crippen LogP contribution is -2.35. The number of benzene rings is 1. The minimum absolute atomic E-state index is 0.108. The van der Waals surface area contributed by atoms with Crippen LogP contribution in [0.15, 0.2) is 23.1 Å². The van der Waals surface area contributed by atoms with E-state index in [0.717, 1.165) is 17.3 Å². The van der Waals surface area contributed by atoms with Gasteiger partial charge in [-0.15, -0.1) is 0 Å². The van der Waals surface area contributed by atoms with Gasteiger partial charge in [0, 0.05) is 12.2 Å². The Morgan fingerprint density at radius 3 is 2.85 bits per heavy atom. The van der Waals surface area contributed by atoms with Crippen LogP contribution in [-0.4, -0.2) is 31.9 Å². The third-order valence-electron chi connectivity index (χ3n) is 3.68. The predicted octanol–water partition coefficient (Wildman–Crippen LogP) is 1.46. The van der Waals surface area contributed by atoms with Gasteiger partial charge < -0.3 is 5.32 Å². The van der Waals surface area contributed by atoms with Gasteiger partial charge in [-0.3, -0.25) is 9.63 Å². The second-order valence-electron chi connectivity index (χ2n) is 5.03. The topological polar surface area (TPSA) is 75.7 Å². The van der Waals surface area contributed by atoms with E-state index in [1.54, 1.807) is 19.1 Å². The Balaban J connectivity index is 1.97. The summed E-state index contributed by atoms with van der Waals surface area (Å²) in [4.78, 5) is 17.0. The van der Waals surface area contributed by atoms with Gasteiger partial charge in [-0.05, 0) is 43.5 Å². The first-order valence-electron chi connectivity index (χ1n) is 6.60. The van der Waals surface area contributed by atoms with E-state index in [1.165, 1.54) is 6.07 Å². The summed E-state index contributed by atoms with van der Waals surface area (Å²) in [6.45, 7) is 2.54. The number of hydrogen-bond acceptors (Lipinski definition) is 4. The molecule has 2 aliphatic rings. The molecule has 0 aromatic heterocycles. The van der Waals surface area contributed by atoms with Crippen molar-refractivity contribution in [1.29, 1.82) is 0 Å². The van der Waals surface area contributed by atoms with Gasteiger partial charge in [-0.1, -0.05) is 4.47 Å². The van der Waals surface area contributed by atoms with Crippen LogP contribution in [0.25, 0.3) is 0 Å². The monoisotopic (exact) mass is 296 g/mol. The normalized spacial score (nSPS) is 23.4. The van der Waals surface area contributed by atoms with E-state index >= 15 is 0 Å². The number of fused-ring (bicyclic) bond motifs is 1. The summed E-state index contributed by atoms with van der Waals surface area (Å²) in [7, 11) is -3.65. The molecule has 6 nitrogen and oxygen atoms in total. The highest BCUT2D eigenvalue weighted by Gasteiger charge is 2.31. The fraction of sp³-hybridized carbons (Fsp3) is 0.462.